The Kier molecular flexibility index (Phi) is 8.20. The third kappa shape index (κ3) is 5.17. The molecule has 1 saturated carbocycles. The van der Waals surface area contributed by atoms with E-state index >= 15 is 0 Å². The molecule has 7 rings (SSSR count). The second kappa shape index (κ2) is 12.0. The molecule has 8 heteroatoms. The van der Waals surface area contributed by atoms with Gasteiger partial charge in [-0.25, -0.2) is 0 Å². The van der Waals surface area contributed by atoms with Crippen molar-refractivity contribution in [2.24, 2.45) is 5.92 Å². The Morgan fingerprint density at radius 2 is 2.00 bits per heavy atom. The summed E-state index contributed by atoms with van der Waals surface area (Å²) in [7, 11) is 0. The number of carbonyl (C=O) groups excluding carboxylic acids is 2. The van der Waals surface area contributed by atoms with Gasteiger partial charge in [0.2, 0.25) is 5.91 Å². The minimum absolute atomic E-state index is 0.00189. The van der Waals surface area contributed by atoms with Gasteiger partial charge in [-0.15, -0.1) is 11.3 Å². The van der Waals surface area contributed by atoms with Crippen LogP contribution in [0.1, 0.15) is 61.6 Å². The largest absolute Gasteiger partial charge is 0.487 e. The number of halogens is 1. The summed E-state index contributed by atoms with van der Waals surface area (Å²) in [6.07, 6.45) is 7.33. The molecule has 3 heterocycles. The van der Waals surface area contributed by atoms with E-state index < -0.39 is 11.0 Å². The number of esters is 1. The average Bonchev–Trinajstić information content (AvgIpc) is 3.59. The lowest BCUT2D eigenvalue weighted by Crippen LogP contribution is -2.79. The van der Waals surface area contributed by atoms with Crippen LogP contribution in [0.25, 0.3) is 6.08 Å². The second-order valence-corrected chi connectivity index (χ2v) is 15.4. The van der Waals surface area contributed by atoms with Crippen LogP contribution >= 0.6 is 27.3 Å². The Hall–Kier alpha value is -2.94. The maximum absolute atomic E-state index is 14.1. The first-order valence-corrected chi connectivity index (χ1v) is 17.9. The molecule has 0 N–H and O–H groups in total. The minimum Gasteiger partial charge on any atom is -0.487 e. The molecule has 2 aromatic carbocycles. The first-order valence-electron chi connectivity index (χ1n) is 16.2. The highest BCUT2D eigenvalue weighted by Crippen LogP contribution is 2.65. The molecule has 236 valence electrons. The lowest BCUT2D eigenvalue weighted by Gasteiger charge is -2.65. The van der Waals surface area contributed by atoms with E-state index in [1.54, 1.807) is 24.3 Å². The number of hydrogen-bond donors (Lipinski definition) is 0. The normalized spacial score (nSPS) is 28.2. The van der Waals surface area contributed by atoms with Gasteiger partial charge in [0, 0.05) is 46.4 Å². The summed E-state index contributed by atoms with van der Waals surface area (Å²) in [5.41, 5.74) is 2.58. The van der Waals surface area contributed by atoms with Crippen LogP contribution in [-0.4, -0.2) is 65.1 Å². The summed E-state index contributed by atoms with van der Waals surface area (Å²) in [5, 5.41) is 2.03. The highest BCUT2D eigenvalue weighted by Gasteiger charge is 2.75. The van der Waals surface area contributed by atoms with Crippen LogP contribution in [0.2, 0.25) is 0 Å². The lowest BCUT2D eigenvalue weighted by molar-refractivity contribution is -0.224. The first-order chi connectivity index (χ1) is 21.7. The number of thiophene rings is 1. The van der Waals surface area contributed by atoms with Crippen molar-refractivity contribution in [3.05, 3.63) is 92.1 Å². The maximum Gasteiger partial charge on any atom is 0.303 e. The molecular formula is C37H41BrN2O4S. The van der Waals surface area contributed by atoms with Crippen molar-refractivity contribution in [2.45, 2.75) is 82.1 Å². The van der Waals surface area contributed by atoms with Crippen LogP contribution in [0.4, 0.5) is 0 Å². The third-order valence-corrected chi connectivity index (χ3v) is 12.1. The summed E-state index contributed by atoms with van der Waals surface area (Å²) in [4.78, 5) is 32.8. The van der Waals surface area contributed by atoms with Crippen molar-refractivity contribution in [1.82, 2.24) is 9.80 Å². The van der Waals surface area contributed by atoms with Gasteiger partial charge in [0.25, 0.3) is 0 Å². The molecule has 1 saturated heterocycles. The molecule has 2 aliphatic heterocycles. The van der Waals surface area contributed by atoms with Crippen LogP contribution in [0.3, 0.4) is 0 Å². The number of piperidine rings is 1. The van der Waals surface area contributed by atoms with E-state index in [0.717, 1.165) is 47.5 Å². The van der Waals surface area contributed by atoms with Crippen molar-refractivity contribution in [2.75, 3.05) is 19.6 Å². The molecular weight excluding hydrogens is 648 g/mol. The van der Waals surface area contributed by atoms with E-state index in [1.807, 2.05) is 17.5 Å². The molecule has 3 aromatic rings. The van der Waals surface area contributed by atoms with Gasteiger partial charge in [0.15, 0.2) is 0 Å². The molecule has 2 fully saturated rings. The zero-order chi connectivity index (χ0) is 31.3. The maximum atomic E-state index is 14.1. The van der Waals surface area contributed by atoms with Crippen molar-refractivity contribution in [3.63, 3.8) is 0 Å². The molecule has 0 radical (unpaired) electrons. The van der Waals surface area contributed by atoms with E-state index in [0.29, 0.717) is 19.4 Å². The van der Waals surface area contributed by atoms with E-state index in [4.69, 9.17) is 9.47 Å². The van der Waals surface area contributed by atoms with E-state index in [1.165, 1.54) is 16.7 Å². The molecule has 1 aromatic heterocycles. The van der Waals surface area contributed by atoms with Gasteiger partial charge >= 0.3 is 5.97 Å². The Balaban J connectivity index is 1.28. The summed E-state index contributed by atoms with van der Waals surface area (Å²) in [6.45, 7) is 8.31. The highest BCUT2D eigenvalue weighted by atomic mass is 79.9. The predicted molar refractivity (Wildman–Crippen MR) is 181 cm³/mol. The fourth-order valence-electron chi connectivity index (χ4n) is 8.96. The molecule has 1 spiro atoms. The number of ether oxygens (including phenoxy) is 2. The third-order valence-electron chi connectivity index (χ3n) is 10.5. The predicted octanol–water partition coefficient (Wildman–Crippen LogP) is 7.04. The molecule has 5 atom stereocenters. The fourth-order valence-corrected chi connectivity index (χ4v) is 10.3. The minimum atomic E-state index is -0.722. The van der Waals surface area contributed by atoms with Gasteiger partial charge in [-0.2, -0.15) is 0 Å². The number of likely N-dealkylation sites (tertiary alicyclic amines) is 1. The van der Waals surface area contributed by atoms with E-state index in [9.17, 15) is 9.59 Å². The topological polar surface area (TPSA) is 59.1 Å². The average molecular weight is 690 g/mol. The lowest BCUT2D eigenvalue weighted by atomic mass is 9.48. The quantitative estimate of drug-likeness (QED) is 0.178. The Bertz CT molecular complexity index is 1620. The van der Waals surface area contributed by atoms with Crippen LogP contribution in [0.15, 0.2) is 70.5 Å². The van der Waals surface area contributed by atoms with Gasteiger partial charge in [0.1, 0.15) is 17.5 Å². The number of benzene rings is 2. The second-order valence-electron chi connectivity index (χ2n) is 13.5. The summed E-state index contributed by atoms with van der Waals surface area (Å²) >= 11 is 5.13. The number of rotatable bonds is 9. The van der Waals surface area contributed by atoms with Crippen molar-refractivity contribution >= 4 is 45.2 Å². The molecule has 2 bridgehead atoms. The Morgan fingerprint density at radius 1 is 1.18 bits per heavy atom. The zero-order valence-electron chi connectivity index (χ0n) is 26.2. The SMILES string of the molecule is CC(=O)O[C@@]12CC[C@@H](N(CC(C)C)C(=O)/C=C/c3cc(Br)cs3)[C@@H]3Oc4cccc5c4[C@@]31CCN(CCc1ccccc1)[C@@H]2C5. The Labute approximate surface area is 278 Å². The summed E-state index contributed by atoms with van der Waals surface area (Å²) < 4.78 is 14.7. The molecule has 0 unspecified atom stereocenters. The van der Waals surface area contributed by atoms with Crippen LogP contribution in [-0.2, 0) is 32.6 Å². The zero-order valence-corrected chi connectivity index (χ0v) is 28.6. The van der Waals surface area contributed by atoms with Gasteiger partial charge in [0.05, 0.1) is 17.5 Å². The number of amides is 1. The van der Waals surface area contributed by atoms with Gasteiger partial charge in [-0.1, -0.05) is 56.3 Å². The van der Waals surface area contributed by atoms with Crippen molar-refractivity contribution < 1.29 is 19.1 Å². The smallest absolute Gasteiger partial charge is 0.303 e. The van der Waals surface area contributed by atoms with E-state index in [2.05, 4.69) is 88.1 Å². The van der Waals surface area contributed by atoms with Gasteiger partial charge in [-0.3, -0.25) is 14.5 Å². The Morgan fingerprint density at radius 3 is 2.73 bits per heavy atom. The van der Waals surface area contributed by atoms with Crippen LogP contribution < -0.4 is 4.74 Å². The molecule has 4 aliphatic rings. The number of hydrogen-bond acceptors (Lipinski definition) is 6. The van der Waals surface area contributed by atoms with Gasteiger partial charge in [-0.05, 0) is 89.8 Å². The number of carbonyl (C=O) groups is 2. The molecule has 2 aliphatic carbocycles. The van der Waals surface area contributed by atoms with E-state index in [-0.39, 0.29) is 36.0 Å². The highest BCUT2D eigenvalue weighted by molar-refractivity contribution is 9.10. The molecule has 6 nitrogen and oxygen atoms in total. The van der Waals surface area contributed by atoms with Crippen molar-refractivity contribution in [3.8, 4) is 5.75 Å². The summed E-state index contributed by atoms with van der Waals surface area (Å²) in [6, 6.07) is 19.0. The van der Waals surface area contributed by atoms with Crippen LogP contribution in [0, 0.1) is 5.92 Å². The summed E-state index contributed by atoms with van der Waals surface area (Å²) in [5.74, 6) is 0.943. The monoisotopic (exact) mass is 688 g/mol. The van der Waals surface area contributed by atoms with Crippen molar-refractivity contribution in [1.29, 1.82) is 0 Å². The van der Waals surface area contributed by atoms with Crippen LogP contribution in [0.5, 0.6) is 5.75 Å². The number of nitrogens with zero attached hydrogens (tertiary/aromatic N) is 2. The molecule has 45 heavy (non-hydrogen) atoms. The fraction of sp³-hybridized carbons (Fsp3) is 0.459. The van der Waals surface area contributed by atoms with Gasteiger partial charge < -0.3 is 14.4 Å². The first kappa shape index (κ1) is 30.7. The standard InChI is InChI=1S/C37H41BrN2O4S/c1-24(2)22-40(33(42)13-12-29-21-28(38)23-45-29)30-14-16-37(44-25(3)41)32-20-27-10-7-11-31-34(27)36(37,35(30)43-31)17-19-39(32)18-15-26-8-5-4-6-9-26/h4-13,21,23-24,30,32,35H,14-20,22H2,1-3H3/b13-12+/t30-,32-,35+,36+,37-/m1/s1. The molecule has 1 amide bonds.